The van der Waals surface area contributed by atoms with E-state index in [2.05, 4.69) is 0 Å². The molecule has 27 heavy (non-hydrogen) atoms. The van der Waals surface area contributed by atoms with Crippen LogP contribution in [0.25, 0.3) is 0 Å². The average Bonchev–Trinajstić information content (AvgIpc) is 2.67. The highest BCUT2D eigenvalue weighted by atomic mass is 32.2. The number of ether oxygens (including phenoxy) is 1. The number of rotatable bonds is 6. The van der Waals surface area contributed by atoms with Gasteiger partial charge in [-0.2, -0.15) is 0 Å². The maximum Gasteiger partial charge on any atom is 0.308 e. The smallest absolute Gasteiger partial charge is 0.308 e. The van der Waals surface area contributed by atoms with Crippen molar-refractivity contribution >= 4 is 35.1 Å². The topological polar surface area (TPSA) is 63.7 Å². The molecule has 1 heterocycles. The van der Waals surface area contributed by atoms with Crippen LogP contribution in [-0.4, -0.2) is 36.1 Å². The number of benzene rings is 2. The van der Waals surface area contributed by atoms with Crippen LogP contribution in [0.4, 0.5) is 5.69 Å². The zero-order valence-corrected chi connectivity index (χ0v) is 16.1. The van der Waals surface area contributed by atoms with Crippen LogP contribution in [0, 0.1) is 6.92 Å². The van der Waals surface area contributed by atoms with Gasteiger partial charge in [0.05, 0.1) is 17.9 Å². The molecule has 1 amide bonds. The molecule has 0 unspecified atom stereocenters. The quantitative estimate of drug-likeness (QED) is 0.563. The van der Waals surface area contributed by atoms with Crippen molar-refractivity contribution in [3.05, 3.63) is 59.7 Å². The van der Waals surface area contributed by atoms with Gasteiger partial charge in [0, 0.05) is 17.0 Å². The molecule has 0 radical (unpaired) electrons. The van der Waals surface area contributed by atoms with Gasteiger partial charge < -0.3 is 9.64 Å². The number of anilines is 1. The fourth-order valence-electron chi connectivity index (χ4n) is 2.86. The number of Topliss-reactive ketones (excluding diaryl/α,β-unsaturated/α-hetero) is 1. The molecule has 2 aromatic rings. The SMILES string of the molecule is Cc1ccc(C(=O)[C@H](C)OC(=O)CCN2C(=O)CSc3ccccc32)cc1. The number of nitrogens with zero attached hydrogens (tertiary/aromatic N) is 1. The highest BCUT2D eigenvalue weighted by Gasteiger charge is 2.26. The van der Waals surface area contributed by atoms with Gasteiger partial charge in [0.1, 0.15) is 0 Å². The fourth-order valence-corrected chi connectivity index (χ4v) is 3.80. The third-order valence-corrected chi connectivity index (χ3v) is 5.41. The third-order valence-electron chi connectivity index (χ3n) is 4.36. The lowest BCUT2D eigenvalue weighted by atomic mass is 10.1. The second kappa shape index (κ2) is 8.39. The fraction of sp³-hybridized carbons (Fsp3) is 0.286. The van der Waals surface area contributed by atoms with Crippen LogP contribution in [0.2, 0.25) is 0 Å². The van der Waals surface area contributed by atoms with Crippen LogP contribution in [0.3, 0.4) is 0 Å². The van der Waals surface area contributed by atoms with Gasteiger partial charge in [0.15, 0.2) is 6.10 Å². The van der Waals surface area contributed by atoms with Crippen molar-refractivity contribution in [3.8, 4) is 0 Å². The predicted molar refractivity (Wildman–Crippen MR) is 105 cm³/mol. The summed E-state index contributed by atoms with van der Waals surface area (Å²) in [6.07, 6.45) is -0.823. The normalized spacial score (nSPS) is 14.4. The number of thioether (sulfide) groups is 1. The highest BCUT2D eigenvalue weighted by Crippen LogP contribution is 2.34. The van der Waals surface area contributed by atoms with Crippen LogP contribution < -0.4 is 4.90 Å². The van der Waals surface area contributed by atoms with E-state index in [0.717, 1.165) is 16.1 Å². The Bertz CT molecular complexity index is 863. The molecule has 6 heteroatoms. The maximum absolute atomic E-state index is 12.4. The minimum Gasteiger partial charge on any atom is -0.454 e. The molecule has 0 aliphatic carbocycles. The Hall–Kier alpha value is -2.60. The minimum absolute atomic E-state index is 0.0321. The second-order valence-electron chi connectivity index (χ2n) is 6.41. The lowest BCUT2D eigenvalue weighted by Gasteiger charge is -2.28. The largest absolute Gasteiger partial charge is 0.454 e. The first-order chi connectivity index (χ1) is 13.0. The summed E-state index contributed by atoms with van der Waals surface area (Å²) in [5.74, 6) is -0.408. The molecule has 1 aliphatic heterocycles. The summed E-state index contributed by atoms with van der Waals surface area (Å²) in [7, 11) is 0. The molecule has 5 nitrogen and oxygen atoms in total. The molecular formula is C21H21NO4S. The number of para-hydroxylation sites is 1. The number of amides is 1. The van der Waals surface area contributed by atoms with E-state index in [-0.39, 0.29) is 24.7 Å². The second-order valence-corrected chi connectivity index (χ2v) is 7.43. The molecule has 1 atom stereocenters. The minimum atomic E-state index is -0.861. The average molecular weight is 383 g/mol. The molecule has 0 spiro atoms. The Kier molecular flexibility index (Phi) is 5.96. The summed E-state index contributed by atoms with van der Waals surface area (Å²) in [5.41, 5.74) is 2.38. The first kappa shape index (κ1) is 19.2. The molecule has 140 valence electrons. The van der Waals surface area contributed by atoms with Crippen molar-refractivity contribution in [1.82, 2.24) is 0 Å². The van der Waals surface area contributed by atoms with E-state index in [1.807, 2.05) is 43.3 Å². The zero-order chi connectivity index (χ0) is 19.4. The van der Waals surface area contributed by atoms with Gasteiger partial charge >= 0.3 is 5.97 Å². The summed E-state index contributed by atoms with van der Waals surface area (Å²) in [5, 5.41) is 0. The number of hydrogen-bond donors (Lipinski definition) is 0. The molecule has 0 bridgehead atoms. The number of esters is 1. The Balaban J connectivity index is 1.57. The molecule has 3 rings (SSSR count). The van der Waals surface area contributed by atoms with Gasteiger partial charge in [-0.05, 0) is 26.0 Å². The molecule has 2 aromatic carbocycles. The van der Waals surface area contributed by atoms with Gasteiger partial charge in [0.2, 0.25) is 11.7 Å². The zero-order valence-electron chi connectivity index (χ0n) is 15.3. The van der Waals surface area contributed by atoms with E-state index in [1.165, 1.54) is 11.8 Å². The van der Waals surface area contributed by atoms with E-state index in [0.29, 0.717) is 11.3 Å². The first-order valence-electron chi connectivity index (χ1n) is 8.78. The van der Waals surface area contributed by atoms with Crippen molar-refractivity contribution in [3.63, 3.8) is 0 Å². The number of ketones is 1. The van der Waals surface area contributed by atoms with Crippen molar-refractivity contribution < 1.29 is 19.1 Å². The number of hydrogen-bond acceptors (Lipinski definition) is 5. The summed E-state index contributed by atoms with van der Waals surface area (Å²) in [4.78, 5) is 39.4. The van der Waals surface area contributed by atoms with E-state index in [4.69, 9.17) is 4.74 Å². The maximum atomic E-state index is 12.4. The van der Waals surface area contributed by atoms with E-state index in [1.54, 1.807) is 24.0 Å². The van der Waals surface area contributed by atoms with Gasteiger partial charge in [-0.25, -0.2) is 0 Å². The van der Waals surface area contributed by atoms with Crippen molar-refractivity contribution in [1.29, 1.82) is 0 Å². The molecule has 1 aliphatic rings. The van der Waals surface area contributed by atoms with Gasteiger partial charge in [-0.15, -0.1) is 11.8 Å². The van der Waals surface area contributed by atoms with Gasteiger partial charge in [0.25, 0.3) is 0 Å². The van der Waals surface area contributed by atoms with Crippen molar-refractivity contribution in [2.75, 3.05) is 17.2 Å². The molecule has 0 saturated carbocycles. The molecular weight excluding hydrogens is 362 g/mol. The summed E-state index contributed by atoms with van der Waals surface area (Å²) < 4.78 is 5.28. The van der Waals surface area contributed by atoms with Crippen LogP contribution >= 0.6 is 11.8 Å². The molecule has 0 saturated heterocycles. The van der Waals surface area contributed by atoms with Gasteiger partial charge in [-0.1, -0.05) is 42.0 Å². The van der Waals surface area contributed by atoms with Gasteiger partial charge in [-0.3, -0.25) is 14.4 Å². The number of carbonyl (C=O) groups is 3. The van der Waals surface area contributed by atoms with Crippen LogP contribution in [0.15, 0.2) is 53.4 Å². The first-order valence-corrected chi connectivity index (χ1v) is 9.77. The summed E-state index contributed by atoms with van der Waals surface area (Å²) >= 11 is 1.50. The number of fused-ring (bicyclic) bond motifs is 1. The van der Waals surface area contributed by atoms with E-state index < -0.39 is 12.1 Å². The number of carbonyl (C=O) groups excluding carboxylic acids is 3. The van der Waals surface area contributed by atoms with Crippen LogP contribution in [0.5, 0.6) is 0 Å². The molecule has 0 fully saturated rings. The Morgan fingerprint density at radius 1 is 1.15 bits per heavy atom. The third kappa shape index (κ3) is 4.57. The standard InChI is InChI=1S/C21H21NO4S/c1-14-7-9-16(10-8-14)21(25)15(2)26-20(24)11-12-22-17-5-3-4-6-18(17)27-13-19(22)23/h3-10,15H,11-13H2,1-2H3/t15-/m0/s1. The molecule has 0 N–H and O–H groups in total. The van der Waals surface area contributed by atoms with Crippen LogP contribution in [0.1, 0.15) is 29.3 Å². The Morgan fingerprint density at radius 2 is 1.85 bits per heavy atom. The van der Waals surface area contributed by atoms with Crippen LogP contribution in [-0.2, 0) is 14.3 Å². The predicted octanol–water partition coefficient (Wildman–Crippen LogP) is 3.64. The van der Waals surface area contributed by atoms with Crippen molar-refractivity contribution in [2.45, 2.75) is 31.3 Å². The summed E-state index contributed by atoms with van der Waals surface area (Å²) in [6.45, 7) is 3.75. The monoisotopic (exact) mass is 383 g/mol. The lowest BCUT2D eigenvalue weighted by Crippen LogP contribution is -2.37. The molecule has 0 aromatic heterocycles. The Morgan fingerprint density at radius 3 is 2.59 bits per heavy atom. The van der Waals surface area contributed by atoms with Crippen molar-refractivity contribution in [2.24, 2.45) is 0 Å². The van der Waals surface area contributed by atoms with E-state index >= 15 is 0 Å². The summed E-state index contributed by atoms with van der Waals surface area (Å²) in [6, 6.07) is 14.8. The Labute approximate surface area is 162 Å². The number of aryl methyl sites for hydroxylation is 1. The lowest BCUT2D eigenvalue weighted by molar-refractivity contribution is -0.146. The van der Waals surface area contributed by atoms with E-state index in [9.17, 15) is 14.4 Å². The highest BCUT2D eigenvalue weighted by molar-refractivity contribution is 8.00.